The number of benzene rings is 2. The number of ether oxygens (including phenoxy) is 2. The summed E-state index contributed by atoms with van der Waals surface area (Å²) in [6.07, 6.45) is 3.27. The predicted molar refractivity (Wildman–Crippen MR) is 158 cm³/mol. The van der Waals surface area contributed by atoms with E-state index in [0.717, 1.165) is 0 Å². The summed E-state index contributed by atoms with van der Waals surface area (Å²) in [4.78, 5) is 42.6. The molecular weight excluding hydrogens is 558 g/mol. The van der Waals surface area contributed by atoms with Gasteiger partial charge >= 0.3 is 5.97 Å². The van der Waals surface area contributed by atoms with Crippen molar-refractivity contribution in [2.45, 2.75) is 26.8 Å². The van der Waals surface area contributed by atoms with Crippen LogP contribution in [0.25, 0.3) is 17.4 Å². The number of rotatable bonds is 9. The molecule has 4 aromatic rings. The highest BCUT2D eigenvalue weighted by Gasteiger charge is 2.33. The third-order valence-corrected chi connectivity index (χ3v) is 7.65. The average molecular weight is 586 g/mol. The van der Waals surface area contributed by atoms with E-state index < -0.39 is 16.9 Å². The number of hydrogen-bond acceptors (Lipinski definition) is 9. The highest BCUT2D eigenvalue weighted by Crippen LogP contribution is 2.32. The molecule has 42 heavy (non-hydrogen) atoms. The van der Waals surface area contributed by atoms with Crippen LogP contribution in [0, 0.1) is 17.0 Å². The molecule has 0 fully saturated rings. The second-order valence-corrected chi connectivity index (χ2v) is 10.4. The van der Waals surface area contributed by atoms with E-state index in [1.165, 1.54) is 28.0 Å². The van der Waals surface area contributed by atoms with Crippen LogP contribution >= 0.6 is 11.3 Å². The monoisotopic (exact) mass is 585 g/mol. The number of aryl methyl sites for hydroxylation is 1. The normalized spacial score (nSPS) is 14.7. The van der Waals surface area contributed by atoms with Gasteiger partial charge in [-0.05, 0) is 62.2 Å². The molecule has 10 nitrogen and oxygen atoms in total. The van der Waals surface area contributed by atoms with Gasteiger partial charge in [-0.25, -0.2) is 9.79 Å². The van der Waals surface area contributed by atoms with Gasteiger partial charge in [0.25, 0.3) is 11.2 Å². The van der Waals surface area contributed by atoms with Crippen molar-refractivity contribution in [2.75, 3.05) is 13.2 Å². The Bertz CT molecular complexity index is 1910. The molecule has 2 aromatic carbocycles. The van der Waals surface area contributed by atoms with Crippen LogP contribution < -0.4 is 19.6 Å². The van der Waals surface area contributed by atoms with Gasteiger partial charge in [0.2, 0.25) is 0 Å². The van der Waals surface area contributed by atoms with Crippen LogP contribution in [0.1, 0.15) is 36.8 Å². The van der Waals surface area contributed by atoms with E-state index in [1.807, 2.05) is 12.1 Å². The molecule has 0 saturated heterocycles. The Kier molecular flexibility index (Phi) is 8.03. The number of esters is 1. The number of carbonyl (C=O) groups excluding carboxylic acids is 1. The second kappa shape index (κ2) is 11.8. The van der Waals surface area contributed by atoms with Gasteiger partial charge < -0.3 is 13.9 Å². The molecule has 1 aliphatic rings. The molecule has 0 saturated carbocycles. The standard InChI is InChI=1S/C31H27N3O7S/c1-5-15-40-22-10-7-20(8-11-22)28-27(30(36)39-6-2)19(4)32-31-33(28)29(35)26(42-31)17-23-12-14-25(41-23)24-13-9-21(34(37)38)16-18(24)3/h5,7-14,16-17,28H,1,6,15H2,2-4H3/b26-17-/t28-/m0/s1. The van der Waals surface area contributed by atoms with Crippen LogP contribution in [0.4, 0.5) is 5.69 Å². The second-order valence-electron chi connectivity index (χ2n) is 9.43. The summed E-state index contributed by atoms with van der Waals surface area (Å²) in [6.45, 7) is 9.40. The number of hydrogen-bond donors (Lipinski definition) is 0. The maximum Gasteiger partial charge on any atom is 0.338 e. The van der Waals surface area contributed by atoms with Crippen LogP contribution in [0.3, 0.4) is 0 Å². The molecule has 5 rings (SSSR count). The van der Waals surface area contributed by atoms with Gasteiger partial charge in [-0.1, -0.05) is 36.1 Å². The van der Waals surface area contributed by atoms with Crippen molar-refractivity contribution in [1.82, 2.24) is 4.57 Å². The van der Waals surface area contributed by atoms with Gasteiger partial charge in [-0.2, -0.15) is 0 Å². The van der Waals surface area contributed by atoms with E-state index in [-0.39, 0.29) is 23.4 Å². The largest absolute Gasteiger partial charge is 0.490 e. The van der Waals surface area contributed by atoms with E-state index in [2.05, 4.69) is 11.6 Å². The van der Waals surface area contributed by atoms with Gasteiger partial charge in [0.15, 0.2) is 4.80 Å². The first-order valence-electron chi connectivity index (χ1n) is 13.1. The minimum atomic E-state index is -0.758. The predicted octanol–water partition coefficient (Wildman–Crippen LogP) is 4.84. The zero-order chi connectivity index (χ0) is 30.0. The van der Waals surface area contributed by atoms with E-state index in [0.29, 0.717) is 55.6 Å². The van der Waals surface area contributed by atoms with Crippen LogP contribution in [0.2, 0.25) is 0 Å². The molecule has 1 atom stereocenters. The molecule has 0 radical (unpaired) electrons. The lowest BCUT2D eigenvalue weighted by Gasteiger charge is -2.24. The first kappa shape index (κ1) is 28.5. The number of thiazole rings is 1. The zero-order valence-electron chi connectivity index (χ0n) is 23.2. The van der Waals surface area contributed by atoms with Gasteiger partial charge in [0, 0.05) is 23.8 Å². The topological polar surface area (TPSA) is 126 Å². The Balaban J connectivity index is 1.58. The molecule has 0 N–H and O–H groups in total. The quantitative estimate of drug-likeness (QED) is 0.119. The Morgan fingerprint density at radius 1 is 1.19 bits per heavy atom. The molecular formula is C31H27N3O7S. The fourth-order valence-corrected chi connectivity index (χ4v) is 5.78. The van der Waals surface area contributed by atoms with Crippen molar-refractivity contribution in [3.8, 4) is 17.1 Å². The molecule has 214 valence electrons. The van der Waals surface area contributed by atoms with Crippen molar-refractivity contribution in [2.24, 2.45) is 4.99 Å². The average Bonchev–Trinajstić information content (AvgIpc) is 3.55. The van der Waals surface area contributed by atoms with Gasteiger partial charge in [-0.3, -0.25) is 19.5 Å². The Hall–Kier alpha value is -5.03. The molecule has 3 heterocycles. The van der Waals surface area contributed by atoms with Crippen molar-refractivity contribution >= 4 is 29.1 Å². The summed E-state index contributed by atoms with van der Waals surface area (Å²) >= 11 is 1.18. The molecule has 0 aliphatic carbocycles. The highest BCUT2D eigenvalue weighted by atomic mass is 32.1. The maximum atomic E-state index is 13.8. The highest BCUT2D eigenvalue weighted by molar-refractivity contribution is 7.07. The third kappa shape index (κ3) is 5.46. The fourth-order valence-electron chi connectivity index (χ4n) is 4.75. The summed E-state index contributed by atoms with van der Waals surface area (Å²) in [7, 11) is 0. The SMILES string of the molecule is C=CCOc1ccc([C@H]2C(C(=O)OCC)=C(C)N=c3s/c(=C\c4ccc(-c5ccc([N+](=O)[O-])cc5C)o4)c(=O)n32)cc1. The fraction of sp³-hybridized carbons (Fsp3) is 0.194. The molecule has 0 unspecified atom stereocenters. The van der Waals surface area contributed by atoms with E-state index in [4.69, 9.17) is 13.9 Å². The number of allylic oxidation sites excluding steroid dienone is 1. The minimum Gasteiger partial charge on any atom is -0.490 e. The molecule has 0 amide bonds. The molecule has 2 aromatic heterocycles. The Morgan fingerprint density at radius 2 is 1.95 bits per heavy atom. The smallest absolute Gasteiger partial charge is 0.338 e. The molecule has 1 aliphatic heterocycles. The molecule has 0 spiro atoms. The first-order valence-corrected chi connectivity index (χ1v) is 13.9. The van der Waals surface area contributed by atoms with Crippen molar-refractivity contribution in [3.63, 3.8) is 0 Å². The number of nitro benzene ring substituents is 1. The summed E-state index contributed by atoms with van der Waals surface area (Å²) in [5.41, 5.74) is 2.49. The molecule has 11 heteroatoms. The van der Waals surface area contributed by atoms with Crippen molar-refractivity contribution in [3.05, 3.63) is 125 Å². The molecule has 0 bridgehead atoms. The Morgan fingerprint density at radius 3 is 2.62 bits per heavy atom. The van der Waals surface area contributed by atoms with Crippen LogP contribution in [-0.4, -0.2) is 28.7 Å². The number of non-ortho nitro benzene ring substituents is 1. The first-order chi connectivity index (χ1) is 20.2. The van der Waals surface area contributed by atoms with Crippen LogP contribution in [0.5, 0.6) is 5.75 Å². The van der Waals surface area contributed by atoms with Crippen LogP contribution in [-0.2, 0) is 9.53 Å². The third-order valence-electron chi connectivity index (χ3n) is 6.67. The van der Waals surface area contributed by atoms with Gasteiger partial charge in [-0.15, -0.1) is 0 Å². The number of furan rings is 1. The summed E-state index contributed by atoms with van der Waals surface area (Å²) < 4.78 is 18.8. The van der Waals surface area contributed by atoms with E-state index >= 15 is 0 Å². The number of fused-ring (bicyclic) bond motifs is 1. The lowest BCUT2D eigenvalue weighted by Crippen LogP contribution is -2.39. The Labute approximate surface area is 244 Å². The summed E-state index contributed by atoms with van der Waals surface area (Å²) in [6, 6.07) is 14.4. The number of nitrogens with zero attached hydrogens (tertiary/aromatic N) is 3. The number of carbonyl (C=O) groups is 1. The minimum absolute atomic E-state index is 0.00453. The van der Waals surface area contributed by atoms with Crippen LogP contribution in [0.15, 0.2) is 92.7 Å². The summed E-state index contributed by atoms with van der Waals surface area (Å²) in [5.74, 6) is 1.02. The summed E-state index contributed by atoms with van der Waals surface area (Å²) in [5, 5.41) is 11.1. The van der Waals surface area contributed by atoms with Gasteiger partial charge in [0.05, 0.1) is 33.4 Å². The maximum absolute atomic E-state index is 13.8. The van der Waals surface area contributed by atoms with Crippen molar-refractivity contribution < 1.29 is 23.6 Å². The van der Waals surface area contributed by atoms with E-state index in [9.17, 15) is 19.7 Å². The number of aromatic nitrogens is 1. The lowest BCUT2D eigenvalue weighted by atomic mass is 9.96. The zero-order valence-corrected chi connectivity index (χ0v) is 24.0. The van der Waals surface area contributed by atoms with Crippen molar-refractivity contribution in [1.29, 1.82) is 0 Å². The number of nitro groups is 1. The van der Waals surface area contributed by atoms with E-state index in [1.54, 1.807) is 63.3 Å². The lowest BCUT2D eigenvalue weighted by molar-refractivity contribution is -0.384. The van der Waals surface area contributed by atoms with Gasteiger partial charge in [0.1, 0.15) is 23.9 Å².